The highest BCUT2D eigenvalue weighted by atomic mass is 16.6. The maximum atomic E-state index is 12.4. The first-order valence-electron chi connectivity index (χ1n) is 8.00. The summed E-state index contributed by atoms with van der Waals surface area (Å²) in [7, 11) is 0. The molecule has 0 aliphatic heterocycles. The number of hydrogen-bond acceptors (Lipinski definition) is 4. The fraction of sp³-hybridized carbons (Fsp3) is 0.158. The summed E-state index contributed by atoms with van der Waals surface area (Å²) in [5, 5.41) is 14.3. The number of non-ortho nitro benzene ring substituents is 1. The van der Waals surface area contributed by atoms with Crippen molar-refractivity contribution in [2.45, 2.75) is 20.4 Å². The van der Waals surface area contributed by atoms with Crippen LogP contribution in [0.1, 0.15) is 11.1 Å². The normalized spacial score (nSPS) is 10.7. The molecule has 0 radical (unpaired) electrons. The Bertz CT molecular complexity index is 1090. The van der Waals surface area contributed by atoms with Crippen LogP contribution in [0, 0.1) is 24.0 Å². The van der Waals surface area contributed by atoms with E-state index in [2.05, 4.69) is 5.32 Å². The lowest BCUT2D eigenvalue weighted by Gasteiger charge is -2.12. The Morgan fingerprint density at radius 2 is 1.88 bits per heavy atom. The maximum Gasteiger partial charge on any atom is 0.270 e. The van der Waals surface area contributed by atoms with Crippen LogP contribution in [0.4, 0.5) is 11.4 Å². The molecule has 3 rings (SSSR count). The molecule has 2 aromatic carbocycles. The Kier molecular flexibility index (Phi) is 4.53. The van der Waals surface area contributed by atoms with Gasteiger partial charge in [-0.15, -0.1) is 0 Å². The molecule has 0 saturated carbocycles. The highest BCUT2D eigenvalue weighted by Crippen LogP contribution is 2.20. The van der Waals surface area contributed by atoms with Crippen LogP contribution < -0.4 is 10.9 Å². The van der Waals surface area contributed by atoms with Crippen LogP contribution in [-0.4, -0.2) is 15.4 Å². The van der Waals surface area contributed by atoms with Crippen molar-refractivity contribution in [1.29, 1.82) is 0 Å². The number of nitrogens with zero attached hydrogens (tertiary/aromatic N) is 2. The number of aryl methyl sites for hydroxylation is 2. The minimum atomic E-state index is -0.498. The number of pyridine rings is 1. The van der Waals surface area contributed by atoms with E-state index in [4.69, 9.17) is 0 Å². The summed E-state index contributed by atoms with van der Waals surface area (Å²) in [4.78, 5) is 35.1. The number of hydrogen-bond donors (Lipinski definition) is 1. The SMILES string of the molecule is Cc1ccc(C)c(NC(=O)Cn2c(=O)ccc3cc([N+](=O)[O-])ccc32)c1. The molecule has 7 heteroatoms. The zero-order valence-corrected chi connectivity index (χ0v) is 14.4. The second-order valence-corrected chi connectivity index (χ2v) is 6.12. The molecule has 1 heterocycles. The number of aromatic nitrogens is 1. The number of nitrogens with one attached hydrogen (secondary N) is 1. The third-order valence-corrected chi connectivity index (χ3v) is 4.15. The van der Waals surface area contributed by atoms with E-state index in [9.17, 15) is 19.7 Å². The van der Waals surface area contributed by atoms with Crippen LogP contribution in [0.5, 0.6) is 0 Å². The predicted molar refractivity (Wildman–Crippen MR) is 99.4 cm³/mol. The summed E-state index contributed by atoms with van der Waals surface area (Å²) in [6, 6.07) is 12.7. The van der Waals surface area contributed by atoms with Gasteiger partial charge in [0.15, 0.2) is 0 Å². The molecule has 1 N–H and O–H groups in total. The van der Waals surface area contributed by atoms with E-state index in [1.165, 1.54) is 34.9 Å². The average Bonchev–Trinajstić information content (AvgIpc) is 2.60. The van der Waals surface area contributed by atoms with E-state index in [0.717, 1.165) is 11.1 Å². The van der Waals surface area contributed by atoms with Crippen LogP contribution in [0.25, 0.3) is 10.9 Å². The molecule has 0 unspecified atom stereocenters. The Morgan fingerprint density at radius 3 is 2.62 bits per heavy atom. The molecule has 0 bridgehead atoms. The molecule has 0 aliphatic carbocycles. The number of benzene rings is 2. The van der Waals surface area contributed by atoms with Gasteiger partial charge in [-0.05, 0) is 43.2 Å². The van der Waals surface area contributed by atoms with E-state index in [1.807, 2.05) is 32.0 Å². The molecular weight excluding hydrogens is 334 g/mol. The number of carbonyl (C=O) groups is 1. The van der Waals surface area contributed by atoms with Crippen molar-refractivity contribution in [3.8, 4) is 0 Å². The lowest BCUT2D eigenvalue weighted by molar-refractivity contribution is -0.384. The minimum Gasteiger partial charge on any atom is -0.324 e. The summed E-state index contributed by atoms with van der Waals surface area (Å²) in [5.41, 5.74) is 2.69. The fourth-order valence-electron chi connectivity index (χ4n) is 2.77. The van der Waals surface area contributed by atoms with Crippen LogP contribution in [0.15, 0.2) is 53.3 Å². The molecule has 1 aromatic heterocycles. The van der Waals surface area contributed by atoms with Gasteiger partial charge in [-0.1, -0.05) is 12.1 Å². The fourth-order valence-corrected chi connectivity index (χ4v) is 2.77. The first-order chi connectivity index (χ1) is 12.3. The van der Waals surface area contributed by atoms with Crippen molar-refractivity contribution >= 4 is 28.2 Å². The molecular formula is C19H17N3O4. The van der Waals surface area contributed by atoms with Crippen molar-refractivity contribution in [3.63, 3.8) is 0 Å². The molecule has 0 saturated heterocycles. The van der Waals surface area contributed by atoms with E-state index < -0.39 is 4.92 Å². The molecule has 3 aromatic rings. The van der Waals surface area contributed by atoms with E-state index >= 15 is 0 Å². The standard InChI is InChI=1S/C19H17N3O4/c1-12-3-4-13(2)16(9-12)20-18(23)11-21-17-7-6-15(22(25)26)10-14(17)5-8-19(21)24/h3-10H,11H2,1-2H3,(H,20,23). The van der Waals surface area contributed by atoms with Crippen molar-refractivity contribution in [1.82, 2.24) is 4.57 Å². The quantitative estimate of drug-likeness (QED) is 0.577. The third kappa shape index (κ3) is 3.46. The summed E-state index contributed by atoms with van der Waals surface area (Å²) >= 11 is 0. The molecule has 7 nitrogen and oxygen atoms in total. The van der Waals surface area contributed by atoms with Gasteiger partial charge in [0.05, 0.1) is 10.4 Å². The highest BCUT2D eigenvalue weighted by Gasteiger charge is 2.12. The zero-order valence-electron chi connectivity index (χ0n) is 14.4. The van der Waals surface area contributed by atoms with Crippen molar-refractivity contribution < 1.29 is 9.72 Å². The number of nitro benzene ring substituents is 1. The summed E-state index contributed by atoms with van der Waals surface area (Å²) in [5.74, 6) is -0.341. The van der Waals surface area contributed by atoms with Crippen LogP contribution in [0.2, 0.25) is 0 Å². The number of rotatable bonds is 4. The van der Waals surface area contributed by atoms with Gasteiger partial charge >= 0.3 is 0 Å². The molecule has 132 valence electrons. The van der Waals surface area contributed by atoms with Crippen LogP contribution in [0.3, 0.4) is 0 Å². The van der Waals surface area contributed by atoms with E-state index in [1.54, 1.807) is 0 Å². The van der Waals surface area contributed by atoms with E-state index in [-0.39, 0.29) is 23.7 Å². The number of fused-ring (bicyclic) bond motifs is 1. The van der Waals surface area contributed by atoms with Gasteiger partial charge in [0.2, 0.25) is 5.91 Å². The molecule has 26 heavy (non-hydrogen) atoms. The lowest BCUT2D eigenvalue weighted by atomic mass is 10.1. The average molecular weight is 351 g/mol. The van der Waals surface area contributed by atoms with Gasteiger partial charge in [-0.25, -0.2) is 0 Å². The molecule has 0 atom stereocenters. The zero-order chi connectivity index (χ0) is 18.8. The molecule has 0 fully saturated rings. The number of amides is 1. The van der Waals surface area contributed by atoms with Gasteiger partial charge in [-0.3, -0.25) is 24.3 Å². The topological polar surface area (TPSA) is 94.2 Å². The summed E-state index contributed by atoms with van der Waals surface area (Å²) in [6.45, 7) is 3.64. The van der Waals surface area contributed by atoms with Gasteiger partial charge in [-0.2, -0.15) is 0 Å². The largest absolute Gasteiger partial charge is 0.324 e. The van der Waals surface area contributed by atoms with Crippen molar-refractivity contribution in [2.24, 2.45) is 0 Å². The second kappa shape index (κ2) is 6.79. The Morgan fingerprint density at radius 1 is 1.12 bits per heavy atom. The number of anilines is 1. The smallest absolute Gasteiger partial charge is 0.270 e. The number of carbonyl (C=O) groups excluding carboxylic acids is 1. The first kappa shape index (κ1) is 17.3. The highest BCUT2D eigenvalue weighted by molar-refractivity contribution is 5.92. The van der Waals surface area contributed by atoms with Crippen LogP contribution in [-0.2, 0) is 11.3 Å². The first-order valence-corrected chi connectivity index (χ1v) is 8.00. The van der Waals surface area contributed by atoms with Gasteiger partial charge < -0.3 is 5.32 Å². The minimum absolute atomic E-state index is 0.0671. The van der Waals surface area contributed by atoms with Gasteiger partial charge in [0.1, 0.15) is 6.54 Å². The monoisotopic (exact) mass is 351 g/mol. The number of nitro groups is 1. The van der Waals surface area contributed by atoms with Crippen molar-refractivity contribution in [2.75, 3.05) is 5.32 Å². The lowest BCUT2D eigenvalue weighted by Crippen LogP contribution is -2.27. The molecule has 1 amide bonds. The Hall–Kier alpha value is -3.48. The molecule has 0 aliphatic rings. The Labute approximate surface area is 149 Å². The third-order valence-electron chi connectivity index (χ3n) is 4.15. The second-order valence-electron chi connectivity index (χ2n) is 6.12. The summed E-state index contributed by atoms with van der Waals surface area (Å²) in [6.07, 6.45) is 0. The van der Waals surface area contributed by atoms with Gasteiger partial charge in [0.25, 0.3) is 11.2 Å². The van der Waals surface area contributed by atoms with Crippen molar-refractivity contribution in [3.05, 3.63) is 80.1 Å². The molecule has 0 spiro atoms. The van der Waals surface area contributed by atoms with Gasteiger partial charge in [0, 0.05) is 29.3 Å². The van der Waals surface area contributed by atoms with Crippen LogP contribution >= 0.6 is 0 Å². The predicted octanol–water partition coefficient (Wildman–Crippen LogP) is 3.17. The Balaban J connectivity index is 1.93. The van der Waals surface area contributed by atoms with E-state index in [0.29, 0.717) is 16.6 Å². The maximum absolute atomic E-state index is 12.4. The summed E-state index contributed by atoms with van der Waals surface area (Å²) < 4.78 is 1.31.